The van der Waals surface area contributed by atoms with Crippen LogP contribution in [0.2, 0.25) is 0 Å². The van der Waals surface area contributed by atoms with Crippen LogP contribution in [0.5, 0.6) is 11.5 Å². The van der Waals surface area contributed by atoms with Crippen molar-refractivity contribution in [2.24, 2.45) is 5.92 Å². The van der Waals surface area contributed by atoms with E-state index in [4.69, 9.17) is 4.74 Å². The van der Waals surface area contributed by atoms with Gasteiger partial charge in [0.1, 0.15) is 11.5 Å². The van der Waals surface area contributed by atoms with Crippen molar-refractivity contribution in [3.8, 4) is 11.5 Å². The highest BCUT2D eigenvalue weighted by Crippen LogP contribution is 2.30. The summed E-state index contributed by atoms with van der Waals surface area (Å²) in [7, 11) is -3.30. The molecule has 1 aromatic rings. The Morgan fingerprint density at radius 3 is 2.43 bits per heavy atom. The summed E-state index contributed by atoms with van der Waals surface area (Å²) in [6, 6.07) is 5.39. The zero-order valence-corrected chi connectivity index (χ0v) is 18.4. The molecule has 0 bridgehead atoms. The van der Waals surface area contributed by atoms with Crippen LogP contribution < -0.4 is 14.8 Å². The maximum Gasteiger partial charge on any atom is 0.216 e. The highest BCUT2D eigenvalue weighted by molar-refractivity contribution is 7.90. The highest BCUT2D eigenvalue weighted by Gasteiger charge is 2.32. The summed E-state index contributed by atoms with van der Waals surface area (Å²) in [4.78, 5) is 0. The minimum Gasteiger partial charge on any atom is -0.506 e. The van der Waals surface area contributed by atoms with Gasteiger partial charge in [-0.25, -0.2) is 13.1 Å². The Labute approximate surface area is 170 Å². The van der Waals surface area contributed by atoms with Gasteiger partial charge in [-0.05, 0) is 70.9 Å². The smallest absolute Gasteiger partial charge is 0.216 e. The van der Waals surface area contributed by atoms with Gasteiger partial charge in [-0.1, -0.05) is 13.3 Å². The van der Waals surface area contributed by atoms with Gasteiger partial charge in [0.2, 0.25) is 10.0 Å². The van der Waals surface area contributed by atoms with Gasteiger partial charge in [0.05, 0.1) is 17.0 Å². The lowest BCUT2D eigenvalue weighted by Crippen LogP contribution is -2.46. The van der Waals surface area contributed by atoms with Crippen molar-refractivity contribution in [1.29, 1.82) is 0 Å². The molecule has 0 heterocycles. The van der Waals surface area contributed by atoms with Crippen LogP contribution in [0, 0.1) is 5.92 Å². The number of aromatic hydroxyl groups is 1. The lowest BCUT2D eigenvalue weighted by molar-refractivity contribution is 0.307. The molecule has 1 aliphatic carbocycles. The second kappa shape index (κ2) is 9.83. The summed E-state index contributed by atoms with van der Waals surface area (Å²) in [5.74, 6) is 1.35. The molecule has 1 saturated carbocycles. The monoisotopic (exact) mass is 412 g/mol. The lowest BCUT2D eigenvalue weighted by Gasteiger charge is -2.31. The number of nitrogens with one attached hydrogen (secondary N) is 2. The van der Waals surface area contributed by atoms with Crippen molar-refractivity contribution < 1.29 is 18.3 Å². The highest BCUT2D eigenvalue weighted by atomic mass is 32.2. The topological polar surface area (TPSA) is 87.7 Å². The molecular weight excluding hydrogens is 376 g/mol. The van der Waals surface area contributed by atoms with Crippen LogP contribution in [-0.2, 0) is 10.0 Å². The Kier molecular flexibility index (Phi) is 8.01. The Morgan fingerprint density at radius 1 is 1.18 bits per heavy atom. The van der Waals surface area contributed by atoms with Crippen molar-refractivity contribution in [2.75, 3.05) is 18.5 Å². The Balaban J connectivity index is 1.78. The van der Waals surface area contributed by atoms with Crippen LogP contribution >= 0.6 is 0 Å². The summed E-state index contributed by atoms with van der Waals surface area (Å²) in [6.07, 6.45) is 5.68. The fraction of sp³-hybridized carbons (Fsp3) is 0.714. The summed E-state index contributed by atoms with van der Waals surface area (Å²) in [5.41, 5.74) is 0.707. The van der Waals surface area contributed by atoms with E-state index in [1.54, 1.807) is 26.8 Å². The normalized spacial score (nSPS) is 20.7. The molecule has 0 spiro atoms. The molecule has 1 aliphatic rings. The fourth-order valence-electron chi connectivity index (χ4n) is 3.22. The molecule has 0 aliphatic heterocycles. The molecule has 160 valence electrons. The van der Waals surface area contributed by atoms with Gasteiger partial charge >= 0.3 is 0 Å². The number of phenolic OH excluding ortho intramolecular Hbond substituents is 1. The molecule has 0 saturated heterocycles. The molecule has 6 nitrogen and oxygen atoms in total. The van der Waals surface area contributed by atoms with Gasteiger partial charge in [-0.3, -0.25) is 0 Å². The molecule has 3 N–H and O–H groups in total. The second-order valence-corrected chi connectivity index (χ2v) is 11.2. The van der Waals surface area contributed by atoms with Crippen LogP contribution in [-0.4, -0.2) is 37.5 Å². The van der Waals surface area contributed by atoms with E-state index >= 15 is 0 Å². The number of rotatable bonds is 9. The largest absolute Gasteiger partial charge is 0.506 e. The predicted octanol–water partition coefficient (Wildman–Crippen LogP) is 4.26. The Bertz CT molecular complexity index is 720. The molecule has 1 fully saturated rings. The van der Waals surface area contributed by atoms with Crippen molar-refractivity contribution in [2.45, 2.75) is 77.0 Å². The van der Waals surface area contributed by atoms with Crippen molar-refractivity contribution in [3.63, 3.8) is 0 Å². The van der Waals surface area contributed by atoms with Gasteiger partial charge in [-0.2, -0.15) is 0 Å². The third-order valence-corrected chi connectivity index (χ3v) is 7.55. The SMILES string of the molecule is CCCCOc1ccc(NC[C@H]2CC[C@H](NS(=O)(=O)C(C)(C)C)CC2)c(O)c1. The number of hydrogen-bond donors (Lipinski definition) is 3. The maximum absolute atomic E-state index is 12.3. The lowest BCUT2D eigenvalue weighted by atomic mass is 9.86. The first kappa shape index (κ1) is 22.8. The molecule has 28 heavy (non-hydrogen) atoms. The molecule has 2 rings (SSSR count). The summed E-state index contributed by atoms with van der Waals surface area (Å²) in [5, 5.41) is 13.5. The Morgan fingerprint density at radius 2 is 1.86 bits per heavy atom. The number of hydrogen-bond acceptors (Lipinski definition) is 5. The number of phenols is 1. The van der Waals surface area contributed by atoms with Gasteiger partial charge in [0, 0.05) is 18.7 Å². The van der Waals surface area contributed by atoms with Crippen molar-refractivity contribution in [1.82, 2.24) is 4.72 Å². The molecule has 0 aromatic heterocycles. The number of sulfonamides is 1. The second-order valence-electron chi connectivity index (χ2n) is 8.71. The molecule has 1 aromatic carbocycles. The zero-order valence-electron chi connectivity index (χ0n) is 17.6. The van der Waals surface area contributed by atoms with E-state index in [0.29, 0.717) is 24.0 Å². The molecule has 0 unspecified atom stereocenters. The van der Waals surface area contributed by atoms with Crippen LogP contribution in [0.25, 0.3) is 0 Å². The van der Waals surface area contributed by atoms with Crippen molar-refractivity contribution in [3.05, 3.63) is 18.2 Å². The zero-order chi connectivity index (χ0) is 20.8. The first-order valence-electron chi connectivity index (χ1n) is 10.3. The van der Waals surface area contributed by atoms with E-state index in [1.807, 2.05) is 12.1 Å². The van der Waals surface area contributed by atoms with Crippen molar-refractivity contribution >= 4 is 15.7 Å². The van der Waals surface area contributed by atoms with Crippen LogP contribution in [0.3, 0.4) is 0 Å². The Hall–Kier alpha value is -1.47. The van der Waals surface area contributed by atoms with Gasteiger partial charge in [-0.15, -0.1) is 0 Å². The van der Waals surface area contributed by atoms with E-state index < -0.39 is 14.8 Å². The van der Waals surface area contributed by atoms with E-state index in [1.165, 1.54) is 0 Å². The van der Waals surface area contributed by atoms with Crippen LogP contribution in [0.1, 0.15) is 66.2 Å². The van der Waals surface area contributed by atoms with Crippen LogP contribution in [0.15, 0.2) is 18.2 Å². The third-order valence-electron chi connectivity index (χ3n) is 5.29. The van der Waals surface area contributed by atoms with E-state index in [-0.39, 0.29) is 11.8 Å². The number of unbranched alkanes of at least 4 members (excludes halogenated alkanes) is 1. The van der Waals surface area contributed by atoms with Gasteiger partial charge in [0.25, 0.3) is 0 Å². The van der Waals surface area contributed by atoms with Gasteiger partial charge in [0.15, 0.2) is 0 Å². The average molecular weight is 413 g/mol. The maximum atomic E-state index is 12.3. The van der Waals surface area contributed by atoms with E-state index in [9.17, 15) is 13.5 Å². The summed E-state index contributed by atoms with van der Waals surface area (Å²) >= 11 is 0. The molecule has 0 radical (unpaired) electrons. The predicted molar refractivity (Wildman–Crippen MR) is 115 cm³/mol. The standard InChI is InChI=1S/C21H36N2O4S/c1-5-6-13-27-18-11-12-19(20(24)14-18)22-15-16-7-9-17(10-8-16)23-28(25,26)21(2,3)4/h11-12,14,16-17,22-24H,5-10,13,15H2,1-4H3/t16-,17-. The quantitative estimate of drug-likeness (QED) is 0.417. The first-order chi connectivity index (χ1) is 13.1. The average Bonchev–Trinajstić information content (AvgIpc) is 2.61. The van der Waals surface area contributed by atoms with E-state index in [0.717, 1.165) is 45.1 Å². The van der Waals surface area contributed by atoms with E-state index in [2.05, 4.69) is 17.0 Å². The first-order valence-corrected chi connectivity index (χ1v) is 11.8. The number of ether oxygens (including phenoxy) is 1. The minimum atomic E-state index is -3.30. The molecular formula is C21H36N2O4S. The minimum absolute atomic E-state index is 0.0217. The van der Waals surface area contributed by atoms with Crippen LogP contribution in [0.4, 0.5) is 5.69 Å². The molecule has 0 amide bonds. The third kappa shape index (κ3) is 6.55. The number of anilines is 1. The van der Waals surface area contributed by atoms with Gasteiger partial charge < -0.3 is 15.2 Å². The number of benzene rings is 1. The molecule has 0 atom stereocenters. The summed E-state index contributed by atoms with van der Waals surface area (Å²) in [6.45, 7) is 8.70. The summed E-state index contributed by atoms with van der Waals surface area (Å²) < 4.78 is 32.3. The fourth-order valence-corrected chi connectivity index (χ4v) is 4.25. The molecule has 7 heteroatoms.